The Morgan fingerprint density at radius 1 is 1.18 bits per heavy atom. The quantitative estimate of drug-likeness (QED) is 0.847. The van der Waals surface area contributed by atoms with E-state index in [1.54, 1.807) is 17.2 Å². The zero-order valence-electron chi connectivity index (χ0n) is 12.0. The number of aliphatic hydroxyl groups excluding tert-OH is 1. The number of carbonyl (C=O) groups excluding carboxylic acids is 1. The molecule has 1 heterocycles. The first-order valence-electron chi connectivity index (χ1n) is 6.88. The van der Waals surface area contributed by atoms with Crippen LogP contribution in [0.25, 0.3) is 0 Å². The van der Waals surface area contributed by atoms with Gasteiger partial charge in [0, 0.05) is 29.8 Å². The molecule has 1 N–H and O–H groups in total. The summed E-state index contributed by atoms with van der Waals surface area (Å²) < 4.78 is 2.08. The predicted molar refractivity (Wildman–Crippen MR) is 87.3 cm³/mol. The lowest BCUT2D eigenvalue weighted by molar-refractivity contribution is -0.133. The predicted octanol–water partition coefficient (Wildman–Crippen LogP) is 1.63. The number of aliphatic hydroxyl groups is 1. The molecule has 22 heavy (non-hydrogen) atoms. The molecule has 0 bridgehead atoms. The number of aromatic nitrogens is 1. The normalized spacial score (nSPS) is 10.5. The summed E-state index contributed by atoms with van der Waals surface area (Å²) in [6.07, 6.45) is 1.58. The highest BCUT2D eigenvalue weighted by Gasteiger charge is 2.14. The van der Waals surface area contributed by atoms with E-state index in [0.29, 0.717) is 6.54 Å². The molecule has 5 nitrogen and oxygen atoms in total. The summed E-state index contributed by atoms with van der Waals surface area (Å²) in [6.45, 7) is 0.469. The topological polar surface area (TPSA) is 62.5 Å². The number of nitrogens with zero attached hydrogens (tertiary/aromatic N) is 2. The van der Waals surface area contributed by atoms with Crippen LogP contribution in [0, 0.1) is 0 Å². The van der Waals surface area contributed by atoms with Crippen LogP contribution in [-0.4, -0.2) is 33.6 Å². The van der Waals surface area contributed by atoms with Crippen LogP contribution in [0.15, 0.2) is 57.9 Å². The van der Waals surface area contributed by atoms with E-state index in [2.05, 4.69) is 15.9 Å². The molecule has 1 aromatic carbocycles. The van der Waals surface area contributed by atoms with Gasteiger partial charge in [0.25, 0.3) is 5.56 Å². The second-order valence-electron chi connectivity index (χ2n) is 4.84. The maximum Gasteiger partial charge on any atom is 0.251 e. The molecule has 0 aliphatic rings. The molecule has 0 saturated heterocycles. The van der Waals surface area contributed by atoms with E-state index >= 15 is 0 Å². The minimum atomic E-state index is -0.236. The van der Waals surface area contributed by atoms with Crippen molar-refractivity contribution >= 4 is 21.8 Å². The summed E-state index contributed by atoms with van der Waals surface area (Å²) in [5.74, 6) is -0.210. The lowest BCUT2D eigenvalue weighted by atomic mass is 10.2. The molecule has 0 unspecified atom stereocenters. The molecule has 2 aromatic rings. The van der Waals surface area contributed by atoms with Crippen molar-refractivity contribution in [3.63, 3.8) is 0 Å². The van der Waals surface area contributed by atoms with Crippen LogP contribution in [0.2, 0.25) is 0 Å². The molecule has 116 valence electrons. The van der Waals surface area contributed by atoms with E-state index in [1.165, 1.54) is 10.6 Å². The summed E-state index contributed by atoms with van der Waals surface area (Å²) in [5.41, 5.74) is 0.742. The van der Waals surface area contributed by atoms with Crippen LogP contribution < -0.4 is 5.56 Å². The van der Waals surface area contributed by atoms with Gasteiger partial charge in [-0.05, 0) is 27.6 Å². The molecule has 0 aliphatic heterocycles. The molecule has 0 fully saturated rings. The number of hydrogen-bond donors (Lipinski definition) is 1. The maximum atomic E-state index is 12.4. The van der Waals surface area contributed by atoms with Gasteiger partial charge in [-0.15, -0.1) is 0 Å². The molecule has 2 rings (SSSR count). The Labute approximate surface area is 136 Å². The third-order valence-electron chi connectivity index (χ3n) is 3.19. The minimum absolute atomic E-state index is 0.0505. The smallest absolute Gasteiger partial charge is 0.251 e. The highest BCUT2D eigenvalue weighted by Crippen LogP contribution is 2.07. The highest BCUT2D eigenvalue weighted by atomic mass is 79.9. The number of rotatable bonds is 6. The lowest BCUT2D eigenvalue weighted by Crippen LogP contribution is -2.37. The molecule has 0 radical (unpaired) electrons. The van der Waals surface area contributed by atoms with Crippen LogP contribution >= 0.6 is 15.9 Å². The van der Waals surface area contributed by atoms with E-state index in [0.717, 1.165) is 10.0 Å². The molecule has 0 aliphatic carbocycles. The number of pyridine rings is 1. The van der Waals surface area contributed by atoms with Crippen molar-refractivity contribution in [2.24, 2.45) is 0 Å². The number of benzene rings is 1. The summed E-state index contributed by atoms with van der Waals surface area (Å²) in [5, 5.41) is 9.16. The van der Waals surface area contributed by atoms with Crippen LogP contribution in [0.1, 0.15) is 5.56 Å². The molecule has 1 amide bonds. The Morgan fingerprint density at radius 3 is 2.59 bits per heavy atom. The van der Waals surface area contributed by atoms with Gasteiger partial charge in [-0.1, -0.05) is 30.3 Å². The van der Waals surface area contributed by atoms with Crippen LogP contribution in [-0.2, 0) is 17.9 Å². The fraction of sp³-hybridized carbons (Fsp3) is 0.250. The molecular weight excluding hydrogens is 348 g/mol. The zero-order chi connectivity index (χ0) is 15.9. The fourth-order valence-corrected chi connectivity index (χ4v) is 2.47. The van der Waals surface area contributed by atoms with Crippen LogP contribution in [0.3, 0.4) is 0 Å². The summed E-state index contributed by atoms with van der Waals surface area (Å²) in [7, 11) is 0. The van der Waals surface area contributed by atoms with Crippen molar-refractivity contribution in [3.05, 3.63) is 69.1 Å². The maximum absolute atomic E-state index is 12.4. The molecular formula is C16H17BrN2O3. The first-order chi connectivity index (χ1) is 10.6. The van der Waals surface area contributed by atoms with Crippen molar-refractivity contribution in [1.29, 1.82) is 0 Å². The lowest BCUT2D eigenvalue weighted by Gasteiger charge is -2.22. The number of amides is 1. The first-order valence-corrected chi connectivity index (χ1v) is 7.68. The Balaban J connectivity index is 2.12. The zero-order valence-corrected chi connectivity index (χ0v) is 13.6. The van der Waals surface area contributed by atoms with Crippen LogP contribution in [0.5, 0.6) is 0 Å². The Kier molecular flexibility index (Phi) is 5.91. The summed E-state index contributed by atoms with van der Waals surface area (Å²) in [6, 6.07) is 12.6. The molecule has 6 heteroatoms. The largest absolute Gasteiger partial charge is 0.395 e. The Hall–Kier alpha value is -1.92. The van der Waals surface area contributed by atoms with Crippen molar-refractivity contribution in [1.82, 2.24) is 9.47 Å². The average Bonchev–Trinajstić information content (AvgIpc) is 2.51. The first kappa shape index (κ1) is 16.5. The third kappa shape index (κ3) is 4.54. The average molecular weight is 365 g/mol. The van der Waals surface area contributed by atoms with Gasteiger partial charge in [-0.2, -0.15) is 0 Å². The molecule has 0 saturated carbocycles. The Morgan fingerprint density at radius 2 is 1.91 bits per heavy atom. The van der Waals surface area contributed by atoms with Gasteiger partial charge < -0.3 is 14.6 Å². The van der Waals surface area contributed by atoms with E-state index in [9.17, 15) is 9.59 Å². The highest BCUT2D eigenvalue weighted by molar-refractivity contribution is 9.10. The monoisotopic (exact) mass is 364 g/mol. The van der Waals surface area contributed by atoms with E-state index in [-0.39, 0.29) is 31.2 Å². The van der Waals surface area contributed by atoms with Crippen molar-refractivity contribution in [2.75, 3.05) is 13.2 Å². The van der Waals surface area contributed by atoms with Crippen molar-refractivity contribution in [3.8, 4) is 0 Å². The van der Waals surface area contributed by atoms with Gasteiger partial charge in [0.1, 0.15) is 6.54 Å². The number of halogens is 1. The second-order valence-corrected chi connectivity index (χ2v) is 5.75. The summed E-state index contributed by atoms with van der Waals surface area (Å²) >= 11 is 3.28. The standard InChI is InChI=1S/C16H17BrN2O3/c17-14-6-7-15(21)19(11-14)12-16(22)18(8-9-20)10-13-4-2-1-3-5-13/h1-7,11,20H,8-10,12H2. The molecule has 0 spiro atoms. The number of carbonyl (C=O) groups is 1. The number of hydrogen-bond acceptors (Lipinski definition) is 3. The van der Waals surface area contributed by atoms with E-state index < -0.39 is 0 Å². The van der Waals surface area contributed by atoms with Gasteiger partial charge in [-0.25, -0.2) is 0 Å². The van der Waals surface area contributed by atoms with Crippen molar-refractivity contribution < 1.29 is 9.90 Å². The van der Waals surface area contributed by atoms with E-state index in [4.69, 9.17) is 5.11 Å². The van der Waals surface area contributed by atoms with Gasteiger partial charge in [0.05, 0.1) is 6.61 Å². The molecule has 0 atom stereocenters. The molecule has 1 aromatic heterocycles. The SMILES string of the molecule is O=C(Cn1cc(Br)ccc1=O)N(CCO)Cc1ccccc1. The third-order valence-corrected chi connectivity index (χ3v) is 3.66. The Bertz CT molecular complexity index is 685. The van der Waals surface area contributed by atoms with E-state index in [1.807, 2.05) is 30.3 Å². The fourth-order valence-electron chi connectivity index (χ4n) is 2.09. The van der Waals surface area contributed by atoms with Crippen molar-refractivity contribution in [2.45, 2.75) is 13.1 Å². The second kappa shape index (κ2) is 7.91. The van der Waals surface area contributed by atoms with Gasteiger partial charge >= 0.3 is 0 Å². The van der Waals surface area contributed by atoms with Crippen LogP contribution in [0.4, 0.5) is 0 Å². The van der Waals surface area contributed by atoms with Gasteiger partial charge in [0.15, 0.2) is 0 Å². The van der Waals surface area contributed by atoms with Gasteiger partial charge in [-0.3, -0.25) is 9.59 Å². The van der Waals surface area contributed by atoms with Gasteiger partial charge in [0.2, 0.25) is 5.91 Å². The minimum Gasteiger partial charge on any atom is -0.395 e. The summed E-state index contributed by atoms with van der Waals surface area (Å²) in [4.78, 5) is 25.7.